The molecule has 2 aromatic carbocycles. The van der Waals surface area contributed by atoms with Crippen molar-refractivity contribution in [1.29, 1.82) is 0 Å². The smallest absolute Gasteiger partial charge is 0.410 e. The van der Waals surface area contributed by atoms with Crippen molar-refractivity contribution in [3.05, 3.63) is 82.3 Å². The first-order chi connectivity index (χ1) is 20.2. The van der Waals surface area contributed by atoms with Crippen molar-refractivity contribution < 1.29 is 33.6 Å². The summed E-state index contributed by atoms with van der Waals surface area (Å²) >= 11 is 6.69. The van der Waals surface area contributed by atoms with E-state index in [2.05, 4.69) is 0 Å². The van der Waals surface area contributed by atoms with E-state index in [0.29, 0.717) is 35.1 Å². The van der Waals surface area contributed by atoms with Gasteiger partial charge in [0.15, 0.2) is 5.76 Å². The van der Waals surface area contributed by atoms with Crippen LogP contribution in [0.4, 0.5) is 4.79 Å². The molecule has 1 aliphatic carbocycles. The van der Waals surface area contributed by atoms with Gasteiger partial charge in [-0.3, -0.25) is 4.79 Å². The van der Waals surface area contributed by atoms with Crippen molar-refractivity contribution in [3.63, 3.8) is 0 Å². The molecule has 1 fully saturated rings. The van der Waals surface area contributed by atoms with Gasteiger partial charge >= 0.3 is 6.09 Å². The lowest BCUT2D eigenvalue weighted by molar-refractivity contribution is -0.130. The highest BCUT2D eigenvalue weighted by Gasteiger charge is 2.44. The van der Waals surface area contributed by atoms with Gasteiger partial charge in [0.05, 0.1) is 13.2 Å². The van der Waals surface area contributed by atoms with Crippen LogP contribution in [-0.2, 0) is 19.0 Å². The third kappa shape index (κ3) is 6.85. The molecule has 5 rings (SSSR count). The molecule has 1 saturated carbocycles. The van der Waals surface area contributed by atoms with Gasteiger partial charge in [-0.2, -0.15) is 0 Å². The van der Waals surface area contributed by atoms with Crippen molar-refractivity contribution in [2.45, 2.75) is 57.7 Å². The second-order valence-electron chi connectivity index (χ2n) is 11.5. The Hall–Kier alpha value is -3.69. The van der Waals surface area contributed by atoms with Crippen LogP contribution in [0.5, 0.6) is 5.75 Å². The van der Waals surface area contributed by atoms with Crippen molar-refractivity contribution >= 4 is 29.2 Å². The number of benzene rings is 2. The van der Waals surface area contributed by atoms with Gasteiger partial charge < -0.3 is 33.9 Å². The molecule has 2 heterocycles. The number of ether oxygens (including phenoxy) is 4. The molecule has 0 radical (unpaired) electrons. The summed E-state index contributed by atoms with van der Waals surface area (Å²) in [6.07, 6.45) is 3.24. The number of amides is 2. The van der Waals surface area contributed by atoms with E-state index in [1.54, 1.807) is 17.2 Å². The number of carbonyl (C=O) groups is 2. The van der Waals surface area contributed by atoms with Crippen LogP contribution in [-0.4, -0.2) is 71.6 Å². The predicted octanol–water partition coefficient (Wildman–Crippen LogP) is 5.68. The van der Waals surface area contributed by atoms with E-state index in [4.69, 9.17) is 35.7 Å². The van der Waals surface area contributed by atoms with Gasteiger partial charge in [0.25, 0.3) is 5.91 Å². The van der Waals surface area contributed by atoms with Crippen LogP contribution in [0.2, 0.25) is 5.02 Å². The largest absolute Gasteiger partial charge is 0.491 e. The standard InChI is InChI=1S/C32H37ClN2O7/c1-32(2,3)42-31(38)34-15-14-24(21-8-12-23(13-9-21)40-17-16-36)26(18-34)30(37)35(22-10-11-22)29(28-19-39-20-41-28)25-6-4-5-7-27(25)33/h4-9,12-13,19,22,29,36H,10-11,14-18,20H2,1-3H3. The number of hydrogen-bond donors (Lipinski definition) is 1. The lowest BCUT2D eigenvalue weighted by atomic mass is 9.91. The van der Waals surface area contributed by atoms with Crippen LogP contribution in [0.15, 0.2) is 66.1 Å². The summed E-state index contributed by atoms with van der Waals surface area (Å²) in [5.41, 5.74) is 2.30. The maximum absolute atomic E-state index is 14.8. The second kappa shape index (κ2) is 12.7. The number of aliphatic hydroxyl groups is 1. The maximum Gasteiger partial charge on any atom is 0.410 e. The minimum atomic E-state index is -0.670. The monoisotopic (exact) mass is 596 g/mol. The average Bonchev–Trinajstić information content (AvgIpc) is 3.66. The SMILES string of the molecule is CC(C)(C)OC(=O)N1CCC(c2ccc(OCCO)cc2)=C(C(=O)N(C2CC2)C(C2=COCO2)c2ccccc2Cl)C1. The molecule has 3 aliphatic rings. The summed E-state index contributed by atoms with van der Waals surface area (Å²) in [7, 11) is 0. The highest BCUT2D eigenvalue weighted by molar-refractivity contribution is 6.31. The maximum atomic E-state index is 14.8. The first-order valence-corrected chi connectivity index (χ1v) is 14.6. The van der Waals surface area contributed by atoms with Crippen molar-refractivity contribution in [2.24, 2.45) is 0 Å². The fourth-order valence-electron chi connectivity index (χ4n) is 5.21. The first kappa shape index (κ1) is 29.8. The highest BCUT2D eigenvalue weighted by atomic mass is 35.5. The predicted molar refractivity (Wildman–Crippen MR) is 158 cm³/mol. The van der Waals surface area contributed by atoms with Gasteiger partial charge in [-0.1, -0.05) is 41.9 Å². The molecule has 0 spiro atoms. The minimum absolute atomic E-state index is 0.0243. The van der Waals surface area contributed by atoms with Crippen LogP contribution in [0.1, 0.15) is 57.2 Å². The summed E-state index contributed by atoms with van der Waals surface area (Å²) in [5.74, 6) is 0.939. The average molecular weight is 597 g/mol. The van der Waals surface area contributed by atoms with E-state index in [1.165, 1.54) is 0 Å². The van der Waals surface area contributed by atoms with Crippen molar-refractivity contribution in [1.82, 2.24) is 9.80 Å². The summed E-state index contributed by atoms with van der Waals surface area (Å²) in [6, 6.07) is 14.3. The van der Waals surface area contributed by atoms with Gasteiger partial charge in [-0.15, -0.1) is 0 Å². The van der Waals surface area contributed by atoms with Crippen molar-refractivity contribution in [3.8, 4) is 5.75 Å². The molecule has 42 heavy (non-hydrogen) atoms. The van der Waals surface area contributed by atoms with E-state index in [-0.39, 0.29) is 38.5 Å². The molecule has 0 bridgehead atoms. The topological polar surface area (TPSA) is 97.8 Å². The third-order valence-corrected chi connectivity index (χ3v) is 7.58. The molecule has 2 amide bonds. The molecule has 10 heteroatoms. The Bertz CT molecular complexity index is 1360. The summed E-state index contributed by atoms with van der Waals surface area (Å²) < 4.78 is 22.5. The van der Waals surface area contributed by atoms with E-state index < -0.39 is 17.7 Å². The normalized spacial score (nSPS) is 17.6. The number of aliphatic hydroxyl groups excluding tert-OH is 1. The Kier molecular flexibility index (Phi) is 8.99. The molecule has 9 nitrogen and oxygen atoms in total. The Morgan fingerprint density at radius 2 is 1.88 bits per heavy atom. The van der Waals surface area contributed by atoms with Gasteiger partial charge in [0, 0.05) is 28.7 Å². The van der Waals surface area contributed by atoms with Crippen LogP contribution < -0.4 is 4.74 Å². The van der Waals surface area contributed by atoms with E-state index in [9.17, 15) is 9.59 Å². The second-order valence-corrected chi connectivity index (χ2v) is 11.9. The Morgan fingerprint density at radius 3 is 2.50 bits per heavy atom. The van der Waals surface area contributed by atoms with Crippen molar-refractivity contribution in [2.75, 3.05) is 33.1 Å². The van der Waals surface area contributed by atoms with Gasteiger partial charge in [0.1, 0.15) is 30.3 Å². The van der Waals surface area contributed by atoms with Gasteiger partial charge in [0.2, 0.25) is 6.79 Å². The molecule has 1 unspecified atom stereocenters. The van der Waals surface area contributed by atoms with Crippen LogP contribution in [0.25, 0.3) is 5.57 Å². The Labute approximate surface area is 251 Å². The quantitative estimate of drug-likeness (QED) is 0.397. The molecule has 0 saturated heterocycles. The molecule has 1 atom stereocenters. The zero-order valence-electron chi connectivity index (χ0n) is 24.2. The third-order valence-electron chi connectivity index (χ3n) is 7.23. The Morgan fingerprint density at radius 1 is 1.14 bits per heavy atom. The lowest BCUT2D eigenvalue weighted by Crippen LogP contribution is -2.46. The number of nitrogens with zero attached hydrogens (tertiary/aromatic N) is 2. The summed E-state index contributed by atoms with van der Waals surface area (Å²) in [4.78, 5) is 31.4. The summed E-state index contributed by atoms with van der Waals surface area (Å²) in [5, 5.41) is 9.62. The van der Waals surface area contributed by atoms with E-state index >= 15 is 0 Å². The first-order valence-electron chi connectivity index (χ1n) is 14.2. The molecular formula is C32H37ClN2O7. The number of rotatable bonds is 9. The minimum Gasteiger partial charge on any atom is -0.491 e. The molecule has 2 aromatic rings. The molecule has 0 aromatic heterocycles. The molecule has 1 N–H and O–H groups in total. The Balaban J connectivity index is 1.56. The number of hydrogen-bond acceptors (Lipinski definition) is 7. The molecule has 2 aliphatic heterocycles. The molecular weight excluding hydrogens is 560 g/mol. The van der Waals surface area contributed by atoms with E-state index in [1.807, 2.05) is 68.1 Å². The summed E-state index contributed by atoms with van der Waals surface area (Å²) in [6.45, 7) is 6.14. The highest BCUT2D eigenvalue weighted by Crippen LogP contribution is 2.44. The number of carbonyl (C=O) groups excluding carboxylic acids is 2. The zero-order chi connectivity index (χ0) is 29.9. The van der Waals surface area contributed by atoms with Gasteiger partial charge in [-0.25, -0.2) is 4.79 Å². The van der Waals surface area contributed by atoms with E-state index in [0.717, 1.165) is 29.5 Å². The molecule has 224 valence electrons. The lowest BCUT2D eigenvalue weighted by Gasteiger charge is -2.37. The fraction of sp³-hybridized carbons (Fsp3) is 0.438. The zero-order valence-corrected chi connectivity index (χ0v) is 24.9. The number of halogens is 1. The van der Waals surface area contributed by atoms with Crippen LogP contribution >= 0.6 is 11.6 Å². The van der Waals surface area contributed by atoms with Crippen LogP contribution in [0.3, 0.4) is 0 Å². The fourth-order valence-corrected chi connectivity index (χ4v) is 5.45. The van der Waals surface area contributed by atoms with Crippen LogP contribution in [0, 0.1) is 0 Å². The van der Waals surface area contributed by atoms with Gasteiger partial charge in [-0.05, 0) is 69.4 Å².